The van der Waals surface area contributed by atoms with Gasteiger partial charge in [-0.2, -0.15) is 5.10 Å². The fraction of sp³-hybridized carbons (Fsp3) is 0.250. The summed E-state index contributed by atoms with van der Waals surface area (Å²) in [5, 5.41) is 5.29. The number of nitrogens with zero attached hydrogens (tertiary/aromatic N) is 3. The van der Waals surface area contributed by atoms with E-state index in [1.54, 1.807) is 10.9 Å². The van der Waals surface area contributed by atoms with Crippen molar-refractivity contribution >= 4 is 10.9 Å². The van der Waals surface area contributed by atoms with Crippen LogP contribution in [-0.4, -0.2) is 14.8 Å². The van der Waals surface area contributed by atoms with E-state index in [0.717, 1.165) is 16.6 Å². The maximum absolute atomic E-state index is 5.46. The molecule has 2 N–H and O–H groups in total. The lowest BCUT2D eigenvalue weighted by Crippen LogP contribution is -1.98. The van der Waals surface area contributed by atoms with Crippen LogP contribution in [0.4, 0.5) is 0 Å². The quantitative estimate of drug-likeness (QED) is 0.661. The SMILES string of the molecule is Cn1cc2cc(CN)ncc2n1. The Hall–Kier alpha value is -1.42. The Bertz CT molecular complexity index is 404. The number of aromatic nitrogens is 3. The zero-order valence-electron chi connectivity index (χ0n) is 6.86. The molecule has 0 saturated heterocycles. The molecule has 0 fully saturated rings. The van der Waals surface area contributed by atoms with Crippen molar-refractivity contribution in [1.82, 2.24) is 14.8 Å². The van der Waals surface area contributed by atoms with Gasteiger partial charge < -0.3 is 5.73 Å². The number of fused-ring (bicyclic) bond motifs is 1. The zero-order chi connectivity index (χ0) is 8.55. The summed E-state index contributed by atoms with van der Waals surface area (Å²) in [5.41, 5.74) is 7.27. The van der Waals surface area contributed by atoms with Gasteiger partial charge in [-0.3, -0.25) is 9.67 Å². The summed E-state index contributed by atoms with van der Waals surface area (Å²) in [6.07, 6.45) is 3.70. The maximum atomic E-state index is 5.46. The fourth-order valence-corrected chi connectivity index (χ4v) is 1.21. The van der Waals surface area contributed by atoms with Crippen molar-refractivity contribution in [3.8, 4) is 0 Å². The Morgan fingerprint density at radius 1 is 1.58 bits per heavy atom. The van der Waals surface area contributed by atoms with Gasteiger partial charge in [0.05, 0.1) is 11.9 Å². The average Bonchev–Trinajstić information content (AvgIpc) is 2.43. The first-order valence-corrected chi connectivity index (χ1v) is 3.78. The number of nitrogens with two attached hydrogens (primary N) is 1. The van der Waals surface area contributed by atoms with Gasteiger partial charge in [0.2, 0.25) is 0 Å². The fourth-order valence-electron chi connectivity index (χ4n) is 1.21. The van der Waals surface area contributed by atoms with Gasteiger partial charge in [0.15, 0.2) is 0 Å². The molecule has 12 heavy (non-hydrogen) atoms. The Morgan fingerprint density at radius 2 is 2.42 bits per heavy atom. The summed E-state index contributed by atoms with van der Waals surface area (Å²) in [5.74, 6) is 0. The smallest absolute Gasteiger partial charge is 0.111 e. The van der Waals surface area contributed by atoms with Crippen LogP contribution in [0.5, 0.6) is 0 Å². The van der Waals surface area contributed by atoms with E-state index in [9.17, 15) is 0 Å². The van der Waals surface area contributed by atoms with Gasteiger partial charge in [-0.15, -0.1) is 0 Å². The van der Waals surface area contributed by atoms with Gasteiger partial charge in [-0.25, -0.2) is 0 Å². The molecule has 0 aliphatic carbocycles. The third kappa shape index (κ3) is 1.06. The van der Waals surface area contributed by atoms with E-state index >= 15 is 0 Å². The monoisotopic (exact) mass is 162 g/mol. The molecular formula is C8H10N4. The first kappa shape index (κ1) is 7.24. The van der Waals surface area contributed by atoms with Crippen LogP contribution in [0.2, 0.25) is 0 Å². The highest BCUT2D eigenvalue weighted by Crippen LogP contribution is 2.10. The number of aryl methyl sites for hydroxylation is 1. The molecule has 2 aromatic rings. The van der Waals surface area contributed by atoms with Crippen LogP contribution in [0.25, 0.3) is 10.9 Å². The van der Waals surface area contributed by atoms with Crippen molar-refractivity contribution in [1.29, 1.82) is 0 Å². The molecule has 2 aromatic heterocycles. The Labute approximate surface area is 70.0 Å². The highest BCUT2D eigenvalue weighted by molar-refractivity contribution is 5.77. The lowest BCUT2D eigenvalue weighted by molar-refractivity contribution is 0.779. The van der Waals surface area contributed by atoms with E-state index in [1.165, 1.54) is 0 Å². The van der Waals surface area contributed by atoms with Crippen LogP contribution in [0.15, 0.2) is 18.5 Å². The van der Waals surface area contributed by atoms with Crippen molar-refractivity contribution in [2.75, 3.05) is 0 Å². The second-order valence-electron chi connectivity index (χ2n) is 2.74. The Balaban J connectivity index is 2.66. The second kappa shape index (κ2) is 2.57. The molecule has 0 atom stereocenters. The average molecular weight is 162 g/mol. The molecule has 4 nitrogen and oxygen atoms in total. The van der Waals surface area contributed by atoms with Crippen LogP contribution in [-0.2, 0) is 13.6 Å². The summed E-state index contributed by atoms with van der Waals surface area (Å²) < 4.78 is 1.77. The van der Waals surface area contributed by atoms with Crippen LogP contribution in [0, 0.1) is 0 Å². The molecule has 0 radical (unpaired) electrons. The topological polar surface area (TPSA) is 56.7 Å². The predicted molar refractivity (Wildman–Crippen MR) is 46.4 cm³/mol. The zero-order valence-corrected chi connectivity index (χ0v) is 6.86. The van der Waals surface area contributed by atoms with Crippen molar-refractivity contribution in [3.05, 3.63) is 24.2 Å². The maximum Gasteiger partial charge on any atom is 0.111 e. The number of rotatable bonds is 1. The molecule has 0 saturated carbocycles. The third-order valence-electron chi connectivity index (χ3n) is 1.77. The van der Waals surface area contributed by atoms with Crippen LogP contribution < -0.4 is 5.73 Å². The van der Waals surface area contributed by atoms with Crippen molar-refractivity contribution in [2.24, 2.45) is 12.8 Å². The predicted octanol–water partition coefficient (Wildman–Crippen LogP) is 0.427. The van der Waals surface area contributed by atoms with Crippen LogP contribution in [0.1, 0.15) is 5.69 Å². The van der Waals surface area contributed by atoms with Crippen molar-refractivity contribution in [3.63, 3.8) is 0 Å². The van der Waals surface area contributed by atoms with E-state index in [-0.39, 0.29) is 0 Å². The lowest BCUT2D eigenvalue weighted by atomic mass is 10.3. The molecule has 0 spiro atoms. The normalized spacial score (nSPS) is 10.8. The Morgan fingerprint density at radius 3 is 3.17 bits per heavy atom. The van der Waals surface area contributed by atoms with Gasteiger partial charge in [-0.1, -0.05) is 0 Å². The highest BCUT2D eigenvalue weighted by atomic mass is 15.2. The van der Waals surface area contributed by atoms with Crippen LogP contribution in [0.3, 0.4) is 0 Å². The van der Waals surface area contributed by atoms with Gasteiger partial charge in [0.25, 0.3) is 0 Å². The van der Waals surface area contributed by atoms with E-state index in [2.05, 4.69) is 10.1 Å². The number of pyridine rings is 1. The highest BCUT2D eigenvalue weighted by Gasteiger charge is 1.99. The summed E-state index contributed by atoms with van der Waals surface area (Å²) in [6.45, 7) is 0.477. The summed E-state index contributed by atoms with van der Waals surface area (Å²) in [6, 6.07) is 1.96. The largest absolute Gasteiger partial charge is 0.325 e. The minimum atomic E-state index is 0.477. The molecule has 0 aliphatic rings. The molecule has 62 valence electrons. The third-order valence-corrected chi connectivity index (χ3v) is 1.77. The standard InChI is InChI=1S/C8H10N4/c1-12-5-6-2-7(3-9)10-4-8(6)11-12/h2,4-5H,3,9H2,1H3. The molecule has 0 bridgehead atoms. The first-order valence-electron chi connectivity index (χ1n) is 3.78. The summed E-state index contributed by atoms with van der Waals surface area (Å²) >= 11 is 0. The number of hydrogen-bond acceptors (Lipinski definition) is 3. The molecular weight excluding hydrogens is 152 g/mol. The molecule has 0 aromatic carbocycles. The minimum absolute atomic E-state index is 0.477. The molecule has 4 heteroatoms. The minimum Gasteiger partial charge on any atom is -0.325 e. The van der Waals surface area contributed by atoms with E-state index in [0.29, 0.717) is 6.54 Å². The van der Waals surface area contributed by atoms with Crippen molar-refractivity contribution < 1.29 is 0 Å². The van der Waals surface area contributed by atoms with E-state index < -0.39 is 0 Å². The van der Waals surface area contributed by atoms with Gasteiger partial charge in [-0.05, 0) is 6.07 Å². The summed E-state index contributed by atoms with van der Waals surface area (Å²) in [7, 11) is 1.89. The van der Waals surface area contributed by atoms with E-state index in [4.69, 9.17) is 5.73 Å². The molecule has 2 rings (SSSR count). The van der Waals surface area contributed by atoms with Gasteiger partial charge in [0.1, 0.15) is 5.52 Å². The molecule has 0 unspecified atom stereocenters. The van der Waals surface area contributed by atoms with Crippen LogP contribution >= 0.6 is 0 Å². The van der Waals surface area contributed by atoms with Gasteiger partial charge in [0, 0.05) is 25.2 Å². The Kier molecular flexibility index (Phi) is 1.55. The molecule has 0 amide bonds. The van der Waals surface area contributed by atoms with Gasteiger partial charge >= 0.3 is 0 Å². The second-order valence-corrected chi connectivity index (χ2v) is 2.74. The lowest BCUT2D eigenvalue weighted by Gasteiger charge is -1.92. The van der Waals surface area contributed by atoms with E-state index in [1.807, 2.05) is 19.3 Å². The summed E-state index contributed by atoms with van der Waals surface area (Å²) in [4.78, 5) is 4.14. The number of hydrogen-bond donors (Lipinski definition) is 1. The van der Waals surface area contributed by atoms with Crippen molar-refractivity contribution in [2.45, 2.75) is 6.54 Å². The first-order chi connectivity index (χ1) is 5.79. The molecule has 0 aliphatic heterocycles. The molecule has 2 heterocycles.